The first-order valence-electron chi connectivity index (χ1n) is 11.4. The molecular formula is C24H26F4N2O3S. The van der Waals surface area contributed by atoms with Crippen molar-refractivity contribution in [3.8, 4) is 11.1 Å². The number of hydrogen-bond acceptors (Lipinski definition) is 4. The number of hydrogen-bond donors (Lipinski definition) is 1. The fourth-order valence-corrected chi connectivity index (χ4v) is 6.14. The number of halogens is 4. The maximum atomic E-state index is 15.6. The van der Waals surface area contributed by atoms with Gasteiger partial charge >= 0.3 is 5.76 Å². The Kier molecular flexibility index (Phi) is 6.20. The Morgan fingerprint density at radius 1 is 1.15 bits per heavy atom. The highest BCUT2D eigenvalue weighted by Gasteiger charge is 2.60. The molecule has 5 rings (SSSR count). The summed E-state index contributed by atoms with van der Waals surface area (Å²) in [5.41, 5.74) is 0.506. The third kappa shape index (κ3) is 4.48. The molecule has 5 nitrogen and oxygen atoms in total. The van der Waals surface area contributed by atoms with E-state index in [1.165, 1.54) is 18.2 Å². The molecule has 34 heavy (non-hydrogen) atoms. The molecule has 1 saturated carbocycles. The Morgan fingerprint density at radius 2 is 1.88 bits per heavy atom. The van der Waals surface area contributed by atoms with Crippen molar-refractivity contribution >= 4 is 10.0 Å². The molecule has 3 atom stereocenters. The van der Waals surface area contributed by atoms with Crippen LogP contribution in [-0.2, 0) is 21.2 Å². The lowest BCUT2D eigenvalue weighted by Gasteiger charge is -2.35. The summed E-state index contributed by atoms with van der Waals surface area (Å²) in [5, 5.41) is 0. The number of alkyl halides is 2. The first-order chi connectivity index (χ1) is 16.2. The quantitative estimate of drug-likeness (QED) is 0.561. The standard InChI is InChI=1S/C24H26F4N2O3S/c25-17-5-1-3-15(11-17)19-6-2-4-16(21(19)26)12-20-22(29-34(31,32)23(27)28)24(8-9-24)14-30(20)13-18-7-10-33-18/h1-6,11,18,20,22-23,29H,7-10,12-14H2/t18?,20-,22+/m0/s1. The van der Waals surface area contributed by atoms with Gasteiger partial charge in [-0.05, 0) is 48.9 Å². The number of likely N-dealkylation sites (tertiary alicyclic amines) is 1. The summed E-state index contributed by atoms with van der Waals surface area (Å²) >= 11 is 0. The van der Waals surface area contributed by atoms with Crippen molar-refractivity contribution in [1.82, 2.24) is 9.62 Å². The average Bonchev–Trinajstić information content (AvgIpc) is 3.48. The fourth-order valence-electron chi connectivity index (χ4n) is 5.28. The molecule has 10 heteroatoms. The highest BCUT2D eigenvalue weighted by Crippen LogP contribution is 2.56. The van der Waals surface area contributed by atoms with Gasteiger partial charge in [0.2, 0.25) is 0 Å². The van der Waals surface area contributed by atoms with Gasteiger partial charge in [-0.1, -0.05) is 30.3 Å². The van der Waals surface area contributed by atoms with Gasteiger partial charge in [0.15, 0.2) is 0 Å². The van der Waals surface area contributed by atoms with Gasteiger partial charge in [0.25, 0.3) is 10.0 Å². The van der Waals surface area contributed by atoms with Crippen LogP contribution in [0.15, 0.2) is 42.5 Å². The number of ether oxygens (including phenoxy) is 1. The molecule has 184 valence electrons. The SMILES string of the molecule is O=S(=O)(N[C@@H]1[C@H](Cc2cccc(-c3cccc(F)c3)c2F)N(CC2CCO2)CC12CC2)C(F)F. The van der Waals surface area contributed by atoms with Crippen LogP contribution in [0.2, 0.25) is 0 Å². The predicted molar refractivity (Wildman–Crippen MR) is 119 cm³/mol. The van der Waals surface area contributed by atoms with Gasteiger partial charge in [0, 0.05) is 42.8 Å². The molecule has 2 aromatic rings. The molecule has 2 heterocycles. The summed E-state index contributed by atoms with van der Waals surface area (Å²) < 4.78 is 87.8. The van der Waals surface area contributed by atoms with Crippen LogP contribution in [0.25, 0.3) is 11.1 Å². The average molecular weight is 499 g/mol. The smallest absolute Gasteiger partial charge is 0.350 e. The lowest BCUT2D eigenvalue weighted by Crippen LogP contribution is -2.51. The first-order valence-corrected chi connectivity index (χ1v) is 12.9. The normalized spacial score (nSPS) is 26.2. The summed E-state index contributed by atoms with van der Waals surface area (Å²) in [7, 11) is -4.82. The second-order valence-corrected chi connectivity index (χ2v) is 11.2. The number of nitrogens with zero attached hydrogens (tertiary/aromatic N) is 1. The molecule has 1 aliphatic carbocycles. The van der Waals surface area contributed by atoms with Gasteiger partial charge in [-0.25, -0.2) is 21.9 Å². The minimum absolute atomic E-state index is 0.00719. The number of rotatable bonds is 8. The van der Waals surface area contributed by atoms with E-state index in [0.29, 0.717) is 43.7 Å². The van der Waals surface area contributed by atoms with Crippen LogP contribution < -0.4 is 4.72 Å². The Morgan fingerprint density at radius 3 is 2.50 bits per heavy atom. The molecule has 3 fully saturated rings. The molecular weight excluding hydrogens is 472 g/mol. The molecule has 0 radical (unpaired) electrons. The number of nitrogens with one attached hydrogen (secondary N) is 1. The van der Waals surface area contributed by atoms with Crippen LogP contribution in [0.4, 0.5) is 17.6 Å². The molecule has 1 spiro atoms. The Bertz CT molecular complexity index is 1170. The van der Waals surface area contributed by atoms with Crippen LogP contribution >= 0.6 is 0 Å². The van der Waals surface area contributed by atoms with Crippen molar-refractivity contribution in [3.05, 3.63) is 59.7 Å². The molecule has 0 aromatic heterocycles. The van der Waals surface area contributed by atoms with Crippen LogP contribution in [-0.4, -0.2) is 57.0 Å². The Balaban J connectivity index is 1.48. The zero-order chi connectivity index (χ0) is 24.1. The second kappa shape index (κ2) is 8.89. The van der Waals surface area contributed by atoms with Crippen LogP contribution in [0, 0.1) is 17.0 Å². The number of sulfonamides is 1. The number of benzene rings is 2. The van der Waals surface area contributed by atoms with Crippen molar-refractivity contribution in [2.24, 2.45) is 5.41 Å². The molecule has 3 aliphatic rings. The van der Waals surface area contributed by atoms with Gasteiger partial charge in [-0.2, -0.15) is 8.78 Å². The molecule has 1 unspecified atom stereocenters. The zero-order valence-electron chi connectivity index (χ0n) is 18.4. The van der Waals surface area contributed by atoms with Gasteiger partial charge < -0.3 is 4.74 Å². The molecule has 2 aromatic carbocycles. The Hall–Kier alpha value is -2.01. The maximum absolute atomic E-state index is 15.6. The van der Waals surface area contributed by atoms with Gasteiger partial charge in [-0.15, -0.1) is 0 Å². The first kappa shape index (κ1) is 23.7. The minimum Gasteiger partial charge on any atom is -0.377 e. The summed E-state index contributed by atoms with van der Waals surface area (Å²) in [6, 6.07) is 9.18. The van der Waals surface area contributed by atoms with E-state index < -0.39 is 44.9 Å². The van der Waals surface area contributed by atoms with E-state index in [2.05, 4.69) is 9.62 Å². The summed E-state index contributed by atoms with van der Waals surface area (Å²) in [6.07, 6.45) is 2.42. The highest BCUT2D eigenvalue weighted by atomic mass is 32.2. The van der Waals surface area contributed by atoms with E-state index in [4.69, 9.17) is 4.74 Å². The predicted octanol–water partition coefficient (Wildman–Crippen LogP) is 3.94. The fraction of sp³-hybridized carbons (Fsp3) is 0.500. The molecule has 2 saturated heterocycles. The van der Waals surface area contributed by atoms with Crippen molar-refractivity contribution in [3.63, 3.8) is 0 Å². The molecule has 1 N–H and O–H groups in total. The van der Waals surface area contributed by atoms with Crippen LogP contribution in [0.5, 0.6) is 0 Å². The van der Waals surface area contributed by atoms with Crippen molar-refractivity contribution < 1.29 is 30.7 Å². The van der Waals surface area contributed by atoms with Crippen molar-refractivity contribution in [1.29, 1.82) is 0 Å². The molecule has 0 amide bonds. The molecule has 0 bridgehead atoms. The van der Waals surface area contributed by atoms with Gasteiger partial charge in [-0.3, -0.25) is 4.90 Å². The minimum atomic E-state index is -4.82. The van der Waals surface area contributed by atoms with E-state index in [1.807, 2.05) is 0 Å². The molecule has 2 aliphatic heterocycles. The van der Waals surface area contributed by atoms with E-state index in [9.17, 15) is 21.6 Å². The summed E-state index contributed by atoms with van der Waals surface area (Å²) in [4.78, 5) is 2.06. The van der Waals surface area contributed by atoms with Gasteiger partial charge in [0.1, 0.15) is 11.6 Å². The van der Waals surface area contributed by atoms with E-state index in [0.717, 1.165) is 6.42 Å². The second-order valence-electron chi connectivity index (χ2n) is 9.53. The lowest BCUT2D eigenvalue weighted by atomic mass is 9.91. The van der Waals surface area contributed by atoms with E-state index >= 15 is 4.39 Å². The van der Waals surface area contributed by atoms with Crippen LogP contribution in [0.3, 0.4) is 0 Å². The third-order valence-electron chi connectivity index (χ3n) is 7.32. The largest absolute Gasteiger partial charge is 0.377 e. The monoisotopic (exact) mass is 498 g/mol. The Labute approximate surface area is 196 Å². The topological polar surface area (TPSA) is 58.6 Å². The zero-order valence-corrected chi connectivity index (χ0v) is 19.2. The third-order valence-corrected chi connectivity index (χ3v) is 8.38. The van der Waals surface area contributed by atoms with E-state index in [-0.39, 0.29) is 18.1 Å². The van der Waals surface area contributed by atoms with Gasteiger partial charge in [0.05, 0.1) is 6.10 Å². The van der Waals surface area contributed by atoms with Crippen molar-refractivity contribution in [2.45, 2.75) is 49.6 Å². The van der Waals surface area contributed by atoms with Crippen LogP contribution in [0.1, 0.15) is 24.8 Å². The summed E-state index contributed by atoms with van der Waals surface area (Å²) in [6.45, 7) is 1.73. The summed E-state index contributed by atoms with van der Waals surface area (Å²) in [5.74, 6) is -4.55. The van der Waals surface area contributed by atoms with E-state index in [1.54, 1.807) is 24.3 Å². The maximum Gasteiger partial charge on any atom is 0.350 e. The van der Waals surface area contributed by atoms with Crippen molar-refractivity contribution in [2.75, 3.05) is 19.7 Å². The lowest BCUT2D eigenvalue weighted by molar-refractivity contribution is -0.0689. The highest BCUT2D eigenvalue weighted by molar-refractivity contribution is 7.89.